The van der Waals surface area contributed by atoms with Crippen molar-refractivity contribution in [3.05, 3.63) is 131 Å². The molecule has 2 aliphatic heterocycles. The van der Waals surface area contributed by atoms with E-state index in [9.17, 15) is 9.90 Å². The Labute approximate surface area is 252 Å². The Balaban J connectivity index is 1.14. The van der Waals surface area contributed by atoms with Crippen molar-refractivity contribution in [3.8, 4) is 0 Å². The molecule has 0 aliphatic carbocycles. The Kier molecular flexibility index (Phi) is 9.52. The van der Waals surface area contributed by atoms with Crippen LogP contribution >= 0.6 is 0 Å². The fourth-order valence-electron chi connectivity index (χ4n) is 5.76. The molecule has 2 saturated heterocycles. The zero-order valence-corrected chi connectivity index (χ0v) is 24.2. The number of benzene rings is 3. The van der Waals surface area contributed by atoms with E-state index in [0.717, 1.165) is 62.4 Å². The zero-order chi connectivity index (χ0) is 29.4. The Morgan fingerprint density at radius 2 is 1.63 bits per heavy atom. The molecule has 0 saturated carbocycles. The Morgan fingerprint density at radius 1 is 0.837 bits per heavy atom. The highest BCUT2D eigenvalue weighted by Gasteiger charge is 2.34. The summed E-state index contributed by atoms with van der Waals surface area (Å²) >= 11 is 0. The van der Waals surface area contributed by atoms with Crippen LogP contribution < -0.4 is 5.32 Å². The molecule has 2 N–H and O–H groups in total. The lowest BCUT2D eigenvalue weighted by Gasteiger charge is -2.41. The molecule has 3 atom stereocenters. The number of ether oxygens (including phenoxy) is 2. The zero-order valence-electron chi connectivity index (χ0n) is 24.2. The molecule has 43 heavy (non-hydrogen) atoms. The number of pyridine rings is 1. The fraction of sp³-hybridized carbons (Fsp3) is 0.314. The van der Waals surface area contributed by atoms with Gasteiger partial charge in [0, 0.05) is 69.3 Å². The average molecular weight is 579 g/mol. The van der Waals surface area contributed by atoms with Gasteiger partial charge in [-0.15, -0.1) is 0 Å². The SMILES string of the molecule is O=C(Nc1cccc(C2OC(CN3CCN(Cc4ccccc4)CC3)CC(c3ccc(CO)cc3)O2)c1)c1cccnc1. The molecule has 4 aromatic rings. The molecule has 0 bridgehead atoms. The quantitative estimate of drug-likeness (QED) is 0.283. The third-order valence-electron chi connectivity index (χ3n) is 8.13. The second kappa shape index (κ2) is 14.0. The maximum atomic E-state index is 12.7. The van der Waals surface area contributed by atoms with Gasteiger partial charge in [0.05, 0.1) is 24.4 Å². The monoisotopic (exact) mass is 578 g/mol. The lowest BCUT2D eigenvalue weighted by atomic mass is 9.99. The number of carbonyl (C=O) groups excluding carboxylic acids is 1. The standard InChI is InChI=1S/C35H38N4O4/c40-25-27-11-13-28(14-12-27)33-21-32(24-39-18-16-38(17-19-39)23-26-6-2-1-3-7-26)42-35(43-33)29-8-4-10-31(20-29)37-34(41)30-9-5-15-36-22-30/h1-15,20,22,32-33,35,40H,16-19,21,23-25H2,(H,37,41). The first-order chi connectivity index (χ1) is 21.1. The molecule has 6 rings (SSSR count). The van der Waals surface area contributed by atoms with Gasteiger partial charge in [-0.2, -0.15) is 0 Å². The van der Waals surface area contributed by atoms with Gasteiger partial charge in [-0.05, 0) is 41.0 Å². The number of rotatable bonds is 9. The van der Waals surface area contributed by atoms with E-state index in [2.05, 4.69) is 50.4 Å². The summed E-state index contributed by atoms with van der Waals surface area (Å²) in [5, 5.41) is 12.5. The van der Waals surface area contributed by atoms with Crippen LogP contribution in [0.1, 0.15) is 51.4 Å². The Morgan fingerprint density at radius 3 is 2.37 bits per heavy atom. The predicted octanol–water partition coefficient (Wildman–Crippen LogP) is 5.19. The first-order valence-corrected chi connectivity index (χ1v) is 14.9. The highest BCUT2D eigenvalue weighted by atomic mass is 16.7. The highest BCUT2D eigenvalue weighted by Crippen LogP contribution is 2.38. The number of hydrogen-bond donors (Lipinski definition) is 2. The average Bonchev–Trinajstić information content (AvgIpc) is 3.06. The molecular formula is C35H38N4O4. The van der Waals surface area contributed by atoms with Crippen LogP contribution in [0, 0.1) is 0 Å². The smallest absolute Gasteiger partial charge is 0.257 e. The van der Waals surface area contributed by atoms with Crippen molar-refractivity contribution < 1.29 is 19.4 Å². The van der Waals surface area contributed by atoms with Crippen LogP contribution in [0.2, 0.25) is 0 Å². The molecule has 0 radical (unpaired) electrons. The molecule has 3 heterocycles. The number of amides is 1. The van der Waals surface area contributed by atoms with Gasteiger partial charge in [0.15, 0.2) is 6.29 Å². The third-order valence-corrected chi connectivity index (χ3v) is 8.13. The number of aliphatic hydroxyl groups excluding tert-OH is 1. The number of aliphatic hydroxyl groups is 1. The molecule has 2 aliphatic rings. The summed E-state index contributed by atoms with van der Waals surface area (Å²) in [6, 6.07) is 29.7. The van der Waals surface area contributed by atoms with E-state index >= 15 is 0 Å². The van der Waals surface area contributed by atoms with E-state index in [4.69, 9.17) is 9.47 Å². The van der Waals surface area contributed by atoms with E-state index in [1.807, 2.05) is 48.5 Å². The third kappa shape index (κ3) is 7.73. The van der Waals surface area contributed by atoms with Crippen LogP contribution in [0.3, 0.4) is 0 Å². The van der Waals surface area contributed by atoms with Crippen molar-refractivity contribution in [2.45, 2.75) is 38.1 Å². The van der Waals surface area contributed by atoms with Crippen LogP contribution in [-0.2, 0) is 22.6 Å². The second-order valence-corrected chi connectivity index (χ2v) is 11.2. The van der Waals surface area contributed by atoms with Gasteiger partial charge in [0.1, 0.15) is 0 Å². The number of piperazine rings is 1. The van der Waals surface area contributed by atoms with Crippen molar-refractivity contribution in [2.75, 3.05) is 38.0 Å². The van der Waals surface area contributed by atoms with Gasteiger partial charge >= 0.3 is 0 Å². The number of nitrogens with zero attached hydrogens (tertiary/aromatic N) is 3. The van der Waals surface area contributed by atoms with E-state index in [0.29, 0.717) is 11.3 Å². The lowest BCUT2D eigenvalue weighted by molar-refractivity contribution is -0.253. The van der Waals surface area contributed by atoms with E-state index in [1.54, 1.807) is 24.5 Å². The van der Waals surface area contributed by atoms with Crippen molar-refractivity contribution in [2.24, 2.45) is 0 Å². The molecule has 1 aromatic heterocycles. The Hall–Kier alpha value is -3.92. The molecular weight excluding hydrogens is 540 g/mol. The summed E-state index contributed by atoms with van der Waals surface area (Å²) in [6.07, 6.45) is 3.14. The normalized spacial score (nSPS) is 21.4. The summed E-state index contributed by atoms with van der Waals surface area (Å²) in [7, 11) is 0. The number of nitrogens with one attached hydrogen (secondary N) is 1. The molecule has 0 spiro atoms. The number of aromatic nitrogens is 1. The first-order valence-electron chi connectivity index (χ1n) is 14.9. The van der Waals surface area contributed by atoms with Crippen LogP contribution in [0.4, 0.5) is 5.69 Å². The van der Waals surface area contributed by atoms with Crippen molar-refractivity contribution in [1.82, 2.24) is 14.8 Å². The van der Waals surface area contributed by atoms with Gasteiger partial charge in [-0.3, -0.25) is 19.6 Å². The van der Waals surface area contributed by atoms with Gasteiger partial charge in [-0.1, -0.05) is 66.7 Å². The minimum Gasteiger partial charge on any atom is -0.392 e. The maximum Gasteiger partial charge on any atom is 0.257 e. The molecule has 3 unspecified atom stereocenters. The number of carbonyl (C=O) groups is 1. The van der Waals surface area contributed by atoms with E-state index < -0.39 is 6.29 Å². The van der Waals surface area contributed by atoms with Gasteiger partial charge in [0.25, 0.3) is 5.91 Å². The van der Waals surface area contributed by atoms with Crippen molar-refractivity contribution in [3.63, 3.8) is 0 Å². The van der Waals surface area contributed by atoms with Crippen LogP contribution in [0.25, 0.3) is 0 Å². The van der Waals surface area contributed by atoms with Crippen LogP contribution in [-0.4, -0.2) is 64.6 Å². The van der Waals surface area contributed by atoms with E-state index in [1.165, 1.54) is 5.56 Å². The van der Waals surface area contributed by atoms with Crippen LogP contribution in [0.5, 0.6) is 0 Å². The Bertz CT molecular complexity index is 1460. The number of anilines is 1. The molecule has 8 nitrogen and oxygen atoms in total. The summed E-state index contributed by atoms with van der Waals surface area (Å²) in [6.45, 7) is 5.83. The summed E-state index contributed by atoms with van der Waals surface area (Å²) in [4.78, 5) is 21.8. The topological polar surface area (TPSA) is 87.2 Å². The lowest BCUT2D eigenvalue weighted by Crippen LogP contribution is -2.49. The maximum absolute atomic E-state index is 12.7. The van der Waals surface area contributed by atoms with Crippen molar-refractivity contribution >= 4 is 11.6 Å². The van der Waals surface area contributed by atoms with Gasteiger partial charge < -0.3 is 19.9 Å². The molecule has 1 amide bonds. The summed E-state index contributed by atoms with van der Waals surface area (Å²) in [5.74, 6) is -0.220. The molecule has 2 fully saturated rings. The fourth-order valence-corrected chi connectivity index (χ4v) is 5.76. The van der Waals surface area contributed by atoms with Crippen molar-refractivity contribution in [1.29, 1.82) is 0 Å². The largest absolute Gasteiger partial charge is 0.392 e. The van der Waals surface area contributed by atoms with Gasteiger partial charge in [0.2, 0.25) is 0 Å². The second-order valence-electron chi connectivity index (χ2n) is 11.2. The molecule has 3 aromatic carbocycles. The number of hydrogen-bond acceptors (Lipinski definition) is 7. The summed E-state index contributed by atoms with van der Waals surface area (Å²) in [5.41, 5.74) is 5.28. The molecule has 8 heteroatoms. The first kappa shape index (κ1) is 29.2. The predicted molar refractivity (Wildman–Crippen MR) is 165 cm³/mol. The highest BCUT2D eigenvalue weighted by molar-refractivity contribution is 6.04. The summed E-state index contributed by atoms with van der Waals surface area (Å²) < 4.78 is 13.1. The minimum absolute atomic E-state index is 0.00791. The van der Waals surface area contributed by atoms with E-state index in [-0.39, 0.29) is 24.7 Å². The van der Waals surface area contributed by atoms with Gasteiger partial charge in [-0.25, -0.2) is 0 Å². The minimum atomic E-state index is -0.587. The molecule has 222 valence electrons. The van der Waals surface area contributed by atoms with Crippen LogP contribution in [0.15, 0.2) is 103 Å².